The average molecular weight is 145 g/mol. The maximum Gasteiger partial charge on any atom is 0.00357 e. The van der Waals surface area contributed by atoms with Crippen molar-refractivity contribution in [2.24, 2.45) is 0 Å². The third-order valence-electron chi connectivity index (χ3n) is 1.48. The fourth-order valence-corrected chi connectivity index (χ4v) is 0.655. The van der Waals surface area contributed by atoms with Gasteiger partial charge in [-0.15, -0.1) is 0 Å². The Kier molecular flexibility index (Phi) is 14.8. The third-order valence-corrected chi connectivity index (χ3v) is 1.48. The fraction of sp³-hybridized carbons (Fsp3) is 1.00. The summed E-state index contributed by atoms with van der Waals surface area (Å²) in [6.07, 6.45) is 3.97. The van der Waals surface area contributed by atoms with E-state index < -0.39 is 0 Å². The molecule has 1 heteroatoms. The zero-order valence-electron chi connectivity index (χ0n) is 8.20. The van der Waals surface area contributed by atoms with Crippen molar-refractivity contribution in [1.82, 2.24) is 5.32 Å². The second-order valence-corrected chi connectivity index (χ2v) is 2.33. The van der Waals surface area contributed by atoms with Crippen LogP contribution in [0.2, 0.25) is 0 Å². The first-order valence-corrected chi connectivity index (χ1v) is 4.48. The van der Waals surface area contributed by atoms with Gasteiger partial charge in [-0.1, -0.05) is 33.6 Å². The Balaban J connectivity index is 0. The standard InChI is InChI=1S/C7H17N.C2H6/c1-4-5-6-7(2)8-3;1-2/h7-8H,4-6H2,1-3H3;1-2H3. The summed E-state index contributed by atoms with van der Waals surface area (Å²) >= 11 is 0. The van der Waals surface area contributed by atoms with Crippen molar-refractivity contribution in [2.45, 2.75) is 53.0 Å². The summed E-state index contributed by atoms with van der Waals surface area (Å²) in [7, 11) is 2.01. The minimum absolute atomic E-state index is 0.704. The van der Waals surface area contributed by atoms with Crippen molar-refractivity contribution >= 4 is 0 Å². The molecule has 0 amide bonds. The molecule has 1 unspecified atom stereocenters. The van der Waals surface area contributed by atoms with Gasteiger partial charge in [-0.3, -0.25) is 0 Å². The molecule has 0 radical (unpaired) electrons. The number of unbranched alkanes of at least 4 members (excludes halogenated alkanes) is 1. The van der Waals surface area contributed by atoms with Crippen LogP contribution in [-0.2, 0) is 0 Å². The Bertz CT molecular complexity index is 44.0. The van der Waals surface area contributed by atoms with Crippen LogP contribution in [0, 0.1) is 0 Å². The van der Waals surface area contributed by atoms with Gasteiger partial charge in [-0.05, 0) is 20.4 Å². The first-order valence-electron chi connectivity index (χ1n) is 4.48. The SMILES string of the molecule is CC.CCCCC(C)NC. The predicted molar refractivity (Wildman–Crippen MR) is 49.4 cm³/mol. The molecule has 64 valence electrons. The zero-order valence-corrected chi connectivity index (χ0v) is 8.20. The van der Waals surface area contributed by atoms with Crippen molar-refractivity contribution in [3.8, 4) is 0 Å². The highest BCUT2D eigenvalue weighted by atomic mass is 14.8. The fourth-order valence-electron chi connectivity index (χ4n) is 0.655. The molecule has 0 rings (SSSR count). The molecule has 1 nitrogen and oxygen atoms in total. The summed E-state index contributed by atoms with van der Waals surface area (Å²) in [6.45, 7) is 8.44. The van der Waals surface area contributed by atoms with Crippen molar-refractivity contribution in [3.63, 3.8) is 0 Å². The molecule has 0 aliphatic rings. The van der Waals surface area contributed by atoms with Gasteiger partial charge in [0.05, 0.1) is 0 Å². The molecule has 10 heavy (non-hydrogen) atoms. The number of hydrogen-bond acceptors (Lipinski definition) is 1. The summed E-state index contributed by atoms with van der Waals surface area (Å²) in [6, 6.07) is 0.704. The zero-order chi connectivity index (χ0) is 8.41. The van der Waals surface area contributed by atoms with Crippen LogP contribution in [0.25, 0.3) is 0 Å². The molecule has 0 aromatic carbocycles. The Morgan fingerprint density at radius 3 is 2.10 bits per heavy atom. The molecule has 0 saturated heterocycles. The maximum atomic E-state index is 3.20. The molecule has 0 aliphatic carbocycles. The van der Waals surface area contributed by atoms with E-state index in [-0.39, 0.29) is 0 Å². The van der Waals surface area contributed by atoms with Gasteiger partial charge in [0.15, 0.2) is 0 Å². The van der Waals surface area contributed by atoms with Gasteiger partial charge in [0.25, 0.3) is 0 Å². The van der Waals surface area contributed by atoms with Gasteiger partial charge >= 0.3 is 0 Å². The summed E-state index contributed by atoms with van der Waals surface area (Å²) < 4.78 is 0. The van der Waals surface area contributed by atoms with Crippen molar-refractivity contribution in [1.29, 1.82) is 0 Å². The van der Waals surface area contributed by atoms with Crippen LogP contribution >= 0.6 is 0 Å². The van der Waals surface area contributed by atoms with Crippen molar-refractivity contribution < 1.29 is 0 Å². The lowest BCUT2D eigenvalue weighted by molar-refractivity contribution is 0.537. The van der Waals surface area contributed by atoms with E-state index in [0.29, 0.717) is 6.04 Å². The first-order chi connectivity index (χ1) is 4.81. The van der Waals surface area contributed by atoms with E-state index in [1.165, 1.54) is 19.3 Å². The van der Waals surface area contributed by atoms with Gasteiger partial charge < -0.3 is 5.32 Å². The molecule has 0 aromatic rings. The number of rotatable bonds is 4. The van der Waals surface area contributed by atoms with E-state index in [2.05, 4.69) is 19.2 Å². The monoisotopic (exact) mass is 145 g/mol. The quantitative estimate of drug-likeness (QED) is 0.641. The van der Waals surface area contributed by atoms with E-state index in [0.717, 1.165) is 0 Å². The molecule has 1 N–H and O–H groups in total. The summed E-state index contributed by atoms with van der Waals surface area (Å²) in [5.74, 6) is 0. The molecule has 0 aromatic heterocycles. The predicted octanol–water partition coefficient (Wildman–Crippen LogP) is 2.81. The Hall–Kier alpha value is -0.0400. The van der Waals surface area contributed by atoms with E-state index in [1.54, 1.807) is 0 Å². The Labute approximate surface area is 66.2 Å². The maximum absolute atomic E-state index is 3.20. The van der Waals surface area contributed by atoms with Gasteiger partial charge in [-0.25, -0.2) is 0 Å². The average Bonchev–Trinajstić information content (AvgIpc) is 2.04. The van der Waals surface area contributed by atoms with Crippen LogP contribution < -0.4 is 5.32 Å². The summed E-state index contributed by atoms with van der Waals surface area (Å²) in [4.78, 5) is 0. The van der Waals surface area contributed by atoms with Crippen LogP contribution in [-0.4, -0.2) is 13.1 Å². The van der Waals surface area contributed by atoms with Gasteiger partial charge in [0.1, 0.15) is 0 Å². The smallest absolute Gasteiger partial charge is 0.00357 e. The van der Waals surface area contributed by atoms with Gasteiger partial charge in [0, 0.05) is 6.04 Å². The lowest BCUT2D eigenvalue weighted by Crippen LogP contribution is -2.20. The molecule has 0 spiro atoms. The van der Waals surface area contributed by atoms with Crippen molar-refractivity contribution in [3.05, 3.63) is 0 Å². The van der Waals surface area contributed by atoms with Crippen LogP contribution in [0.5, 0.6) is 0 Å². The molecular formula is C9H23N. The number of hydrogen-bond donors (Lipinski definition) is 1. The largest absolute Gasteiger partial charge is 0.317 e. The first kappa shape index (κ1) is 12.6. The number of nitrogens with one attached hydrogen (secondary N) is 1. The molecule has 0 saturated carbocycles. The third kappa shape index (κ3) is 10.9. The lowest BCUT2D eigenvalue weighted by Gasteiger charge is -2.06. The van der Waals surface area contributed by atoms with Crippen LogP contribution in [0.3, 0.4) is 0 Å². The van der Waals surface area contributed by atoms with E-state index >= 15 is 0 Å². The highest BCUT2D eigenvalue weighted by Crippen LogP contribution is 1.97. The van der Waals surface area contributed by atoms with Crippen LogP contribution in [0.1, 0.15) is 47.0 Å². The molecule has 0 fully saturated rings. The van der Waals surface area contributed by atoms with Crippen molar-refractivity contribution in [2.75, 3.05) is 7.05 Å². The normalized spacial score (nSPS) is 11.7. The van der Waals surface area contributed by atoms with Crippen LogP contribution in [0.15, 0.2) is 0 Å². The molecule has 1 atom stereocenters. The minimum Gasteiger partial charge on any atom is -0.317 e. The molecule has 0 aliphatic heterocycles. The highest BCUT2D eigenvalue weighted by molar-refractivity contribution is 4.54. The highest BCUT2D eigenvalue weighted by Gasteiger charge is 1.93. The lowest BCUT2D eigenvalue weighted by atomic mass is 10.1. The topological polar surface area (TPSA) is 12.0 Å². The molecular weight excluding hydrogens is 122 g/mol. The Morgan fingerprint density at radius 1 is 1.30 bits per heavy atom. The van der Waals surface area contributed by atoms with E-state index in [9.17, 15) is 0 Å². The second-order valence-electron chi connectivity index (χ2n) is 2.33. The molecule has 0 bridgehead atoms. The van der Waals surface area contributed by atoms with Crippen LogP contribution in [0.4, 0.5) is 0 Å². The molecule has 0 heterocycles. The van der Waals surface area contributed by atoms with Gasteiger partial charge in [0.2, 0.25) is 0 Å². The minimum atomic E-state index is 0.704. The van der Waals surface area contributed by atoms with E-state index in [4.69, 9.17) is 0 Å². The Morgan fingerprint density at radius 2 is 1.80 bits per heavy atom. The second kappa shape index (κ2) is 11.7. The summed E-state index contributed by atoms with van der Waals surface area (Å²) in [5.41, 5.74) is 0. The summed E-state index contributed by atoms with van der Waals surface area (Å²) in [5, 5.41) is 3.20. The van der Waals surface area contributed by atoms with Gasteiger partial charge in [-0.2, -0.15) is 0 Å². The van der Waals surface area contributed by atoms with E-state index in [1.807, 2.05) is 20.9 Å².